The van der Waals surface area contributed by atoms with Crippen molar-refractivity contribution in [3.63, 3.8) is 0 Å². The van der Waals surface area contributed by atoms with E-state index >= 15 is 0 Å². The Kier molecular flexibility index (Phi) is 3.76. The van der Waals surface area contributed by atoms with Gasteiger partial charge in [0.15, 0.2) is 5.75 Å². The number of fused-ring (bicyclic) bond motifs is 1. The first-order valence-corrected chi connectivity index (χ1v) is 8.64. The first-order valence-electron chi connectivity index (χ1n) is 8.64. The Morgan fingerprint density at radius 1 is 1.16 bits per heavy atom. The fraction of sp³-hybridized carbons (Fsp3) is 0.400. The summed E-state index contributed by atoms with van der Waals surface area (Å²) in [6, 6.07) is 12.2. The topological polar surface area (TPSA) is 52.5 Å². The van der Waals surface area contributed by atoms with E-state index in [1.165, 1.54) is 0 Å². The van der Waals surface area contributed by atoms with Gasteiger partial charge in [0.05, 0.1) is 6.61 Å². The second-order valence-electron chi connectivity index (χ2n) is 7.66. The van der Waals surface area contributed by atoms with Gasteiger partial charge in [-0.2, -0.15) is 0 Å². The Morgan fingerprint density at radius 3 is 2.36 bits per heavy atom. The van der Waals surface area contributed by atoms with E-state index in [-0.39, 0.29) is 11.5 Å². The average molecular weight is 337 g/mol. The predicted octanol–water partition coefficient (Wildman–Crippen LogP) is 3.80. The van der Waals surface area contributed by atoms with Gasteiger partial charge in [-0.3, -0.25) is 0 Å². The third-order valence-corrected chi connectivity index (χ3v) is 4.34. The van der Waals surface area contributed by atoms with E-state index in [1.807, 2.05) is 24.3 Å². The number of aryl methyl sites for hydroxylation is 1. The molecule has 2 heterocycles. The van der Waals surface area contributed by atoms with E-state index in [2.05, 4.69) is 50.0 Å². The van der Waals surface area contributed by atoms with Gasteiger partial charge in [-0.25, -0.2) is 0 Å². The smallest absolute Gasteiger partial charge is 0.150 e. The summed E-state index contributed by atoms with van der Waals surface area (Å²) in [5, 5.41) is 9.29. The highest BCUT2D eigenvalue weighted by atomic mass is 16.6. The first-order chi connectivity index (χ1) is 11.9. The maximum Gasteiger partial charge on any atom is 0.150 e. The molecule has 1 saturated heterocycles. The van der Waals surface area contributed by atoms with Crippen LogP contribution >= 0.6 is 0 Å². The van der Waals surface area contributed by atoms with Crippen molar-refractivity contribution in [3.05, 3.63) is 47.5 Å². The van der Waals surface area contributed by atoms with E-state index < -0.39 is 0 Å². The number of rotatable bonds is 4. The molecule has 5 heteroatoms. The quantitative estimate of drug-likeness (QED) is 0.680. The predicted molar refractivity (Wildman–Crippen MR) is 97.5 cm³/mol. The molecule has 1 aliphatic rings. The average Bonchev–Trinajstić information content (AvgIpc) is 3.28. The van der Waals surface area contributed by atoms with Crippen LogP contribution in [0.1, 0.15) is 31.9 Å². The lowest BCUT2D eigenvalue weighted by Gasteiger charge is -2.25. The molecule has 1 unspecified atom stereocenters. The van der Waals surface area contributed by atoms with Crippen LogP contribution in [-0.2, 0) is 10.2 Å². The molecule has 0 aliphatic carbocycles. The fourth-order valence-electron chi connectivity index (χ4n) is 2.92. The van der Waals surface area contributed by atoms with Gasteiger partial charge in [0, 0.05) is 5.56 Å². The molecular formula is C20H23N3O2. The molecule has 4 rings (SSSR count). The number of nitrogens with zero attached hydrogens (tertiary/aromatic N) is 3. The zero-order chi connectivity index (χ0) is 17.6. The van der Waals surface area contributed by atoms with Crippen molar-refractivity contribution in [3.8, 4) is 11.4 Å². The number of hydrogen-bond acceptors (Lipinski definition) is 4. The Labute approximate surface area is 147 Å². The maximum atomic E-state index is 6.20. The van der Waals surface area contributed by atoms with Gasteiger partial charge in [0.2, 0.25) is 0 Å². The SMILES string of the molecule is Cc1cc(-n2nc3ccccc3n2)c(OCC2CO2)c(C(C)(C)C)c1. The van der Waals surface area contributed by atoms with Crippen molar-refractivity contribution in [2.45, 2.75) is 39.2 Å². The Balaban J connectivity index is 1.87. The molecule has 0 bridgehead atoms. The molecule has 3 aromatic rings. The van der Waals surface area contributed by atoms with E-state index in [0.29, 0.717) is 6.61 Å². The van der Waals surface area contributed by atoms with Gasteiger partial charge < -0.3 is 9.47 Å². The van der Waals surface area contributed by atoms with Gasteiger partial charge in [-0.1, -0.05) is 39.0 Å². The molecule has 130 valence electrons. The van der Waals surface area contributed by atoms with Crippen LogP contribution in [0.3, 0.4) is 0 Å². The molecule has 0 radical (unpaired) electrons. The van der Waals surface area contributed by atoms with E-state index in [4.69, 9.17) is 9.47 Å². The maximum absolute atomic E-state index is 6.20. The zero-order valence-electron chi connectivity index (χ0n) is 15.1. The minimum absolute atomic E-state index is 0.0485. The molecule has 1 atom stereocenters. The van der Waals surface area contributed by atoms with Crippen molar-refractivity contribution < 1.29 is 9.47 Å². The number of benzene rings is 2. The highest BCUT2D eigenvalue weighted by Gasteiger charge is 2.28. The van der Waals surface area contributed by atoms with Crippen LogP contribution in [0.25, 0.3) is 16.7 Å². The Hall–Kier alpha value is -2.40. The van der Waals surface area contributed by atoms with Crippen molar-refractivity contribution >= 4 is 11.0 Å². The standard InChI is InChI=1S/C20H23N3O2/c1-13-9-15(20(2,3)4)19(25-12-14-11-24-14)18(10-13)23-21-16-7-5-6-8-17(16)22-23/h5-10,14H,11-12H2,1-4H3. The summed E-state index contributed by atoms with van der Waals surface area (Å²) in [6.45, 7) is 10.0. The van der Waals surface area contributed by atoms with Gasteiger partial charge in [-0.05, 0) is 36.1 Å². The molecule has 0 amide bonds. The lowest BCUT2D eigenvalue weighted by molar-refractivity contribution is 0.257. The lowest BCUT2D eigenvalue weighted by Crippen LogP contribution is -2.18. The summed E-state index contributed by atoms with van der Waals surface area (Å²) in [6.07, 6.45) is 0.201. The summed E-state index contributed by atoms with van der Waals surface area (Å²) in [4.78, 5) is 1.69. The second kappa shape index (κ2) is 5.85. The monoisotopic (exact) mass is 337 g/mol. The molecular weight excluding hydrogens is 314 g/mol. The Bertz CT molecular complexity index is 887. The highest BCUT2D eigenvalue weighted by molar-refractivity contribution is 5.73. The van der Waals surface area contributed by atoms with Crippen molar-refractivity contribution in [1.82, 2.24) is 15.0 Å². The van der Waals surface area contributed by atoms with Crippen molar-refractivity contribution in [2.24, 2.45) is 0 Å². The summed E-state index contributed by atoms with van der Waals surface area (Å²) in [7, 11) is 0. The summed E-state index contributed by atoms with van der Waals surface area (Å²) in [5.74, 6) is 0.842. The van der Waals surface area contributed by atoms with Gasteiger partial charge in [-0.15, -0.1) is 15.0 Å². The van der Waals surface area contributed by atoms with Crippen LogP contribution in [0.4, 0.5) is 0 Å². The van der Waals surface area contributed by atoms with Crippen molar-refractivity contribution in [2.75, 3.05) is 13.2 Å². The number of epoxide rings is 1. The summed E-state index contributed by atoms with van der Waals surface area (Å²) < 4.78 is 11.5. The molecule has 0 N–H and O–H groups in total. The summed E-state index contributed by atoms with van der Waals surface area (Å²) >= 11 is 0. The largest absolute Gasteiger partial charge is 0.488 e. The van der Waals surface area contributed by atoms with Crippen LogP contribution in [0.2, 0.25) is 0 Å². The normalized spacial score (nSPS) is 17.0. The molecule has 5 nitrogen and oxygen atoms in total. The summed E-state index contributed by atoms with van der Waals surface area (Å²) in [5.41, 5.74) is 4.89. The van der Waals surface area contributed by atoms with Crippen LogP contribution in [-0.4, -0.2) is 34.3 Å². The van der Waals surface area contributed by atoms with Crippen LogP contribution in [0.5, 0.6) is 5.75 Å². The number of hydrogen-bond donors (Lipinski definition) is 0. The van der Waals surface area contributed by atoms with Crippen LogP contribution in [0.15, 0.2) is 36.4 Å². The van der Waals surface area contributed by atoms with E-state index in [9.17, 15) is 0 Å². The molecule has 0 saturated carbocycles. The van der Waals surface area contributed by atoms with E-state index in [0.717, 1.165) is 40.2 Å². The minimum Gasteiger partial charge on any atom is -0.488 e. The minimum atomic E-state index is -0.0485. The number of ether oxygens (including phenoxy) is 2. The number of aromatic nitrogens is 3. The molecule has 1 fully saturated rings. The molecule has 1 aromatic heterocycles. The highest BCUT2D eigenvalue weighted by Crippen LogP contribution is 2.37. The van der Waals surface area contributed by atoms with Crippen LogP contribution in [0, 0.1) is 6.92 Å². The van der Waals surface area contributed by atoms with Gasteiger partial charge in [0.25, 0.3) is 0 Å². The lowest BCUT2D eigenvalue weighted by atomic mass is 9.85. The third kappa shape index (κ3) is 3.24. The van der Waals surface area contributed by atoms with Crippen molar-refractivity contribution in [1.29, 1.82) is 0 Å². The van der Waals surface area contributed by atoms with E-state index in [1.54, 1.807) is 4.80 Å². The third-order valence-electron chi connectivity index (χ3n) is 4.34. The van der Waals surface area contributed by atoms with Gasteiger partial charge in [0.1, 0.15) is 29.4 Å². The Morgan fingerprint density at radius 2 is 1.80 bits per heavy atom. The molecule has 2 aromatic carbocycles. The zero-order valence-corrected chi connectivity index (χ0v) is 15.1. The molecule has 0 spiro atoms. The van der Waals surface area contributed by atoms with Crippen LogP contribution < -0.4 is 4.74 Å². The second-order valence-corrected chi connectivity index (χ2v) is 7.66. The fourth-order valence-corrected chi connectivity index (χ4v) is 2.92. The molecule has 25 heavy (non-hydrogen) atoms. The molecule has 1 aliphatic heterocycles. The first kappa shape index (κ1) is 16.1. The van der Waals surface area contributed by atoms with Gasteiger partial charge >= 0.3 is 0 Å².